The van der Waals surface area contributed by atoms with Crippen molar-refractivity contribution < 1.29 is 14.6 Å². The molecule has 0 saturated heterocycles. The van der Waals surface area contributed by atoms with E-state index in [4.69, 9.17) is 27.9 Å². The van der Waals surface area contributed by atoms with Crippen molar-refractivity contribution in [3.8, 4) is 11.5 Å². The van der Waals surface area contributed by atoms with Gasteiger partial charge in [0.25, 0.3) is 5.91 Å². The highest BCUT2D eigenvalue weighted by Gasteiger charge is 2.29. The van der Waals surface area contributed by atoms with Crippen LogP contribution in [0.15, 0.2) is 24.3 Å². The van der Waals surface area contributed by atoms with E-state index >= 15 is 0 Å². The van der Waals surface area contributed by atoms with Gasteiger partial charge in [-0.3, -0.25) is 4.79 Å². The van der Waals surface area contributed by atoms with Crippen LogP contribution in [-0.4, -0.2) is 17.1 Å². The lowest BCUT2D eigenvalue weighted by molar-refractivity contribution is -0.122. The molecular weight excluding hydrogens is 457 g/mol. The first kappa shape index (κ1) is 27.3. The van der Waals surface area contributed by atoms with Gasteiger partial charge in [-0.05, 0) is 60.3 Å². The Morgan fingerprint density at radius 3 is 2.21 bits per heavy atom. The van der Waals surface area contributed by atoms with Crippen LogP contribution < -0.4 is 10.1 Å². The molecule has 1 unspecified atom stereocenters. The van der Waals surface area contributed by atoms with Gasteiger partial charge >= 0.3 is 0 Å². The summed E-state index contributed by atoms with van der Waals surface area (Å²) >= 11 is 12.3. The van der Waals surface area contributed by atoms with Crippen LogP contribution in [-0.2, 0) is 15.6 Å². The Morgan fingerprint density at radius 2 is 1.67 bits per heavy atom. The second kappa shape index (κ2) is 10.6. The second-order valence-corrected chi connectivity index (χ2v) is 10.7. The van der Waals surface area contributed by atoms with Gasteiger partial charge in [-0.1, -0.05) is 83.8 Å². The number of rotatable bonds is 9. The Labute approximate surface area is 208 Å². The van der Waals surface area contributed by atoms with Crippen molar-refractivity contribution in [1.82, 2.24) is 0 Å². The molecule has 0 heterocycles. The number of phenols is 1. The molecule has 0 aliphatic rings. The molecule has 0 aliphatic heterocycles. The lowest BCUT2D eigenvalue weighted by Gasteiger charge is -2.31. The lowest BCUT2D eigenvalue weighted by atomic mass is 9.76. The molecule has 4 nitrogen and oxygen atoms in total. The fourth-order valence-electron chi connectivity index (χ4n) is 3.47. The number of benzene rings is 2. The molecule has 6 heteroatoms. The topological polar surface area (TPSA) is 58.6 Å². The number of aromatic hydroxyl groups is 1. The van der Waals surface area contributed by atoms with E-state index in [1.165, 1.54) is 11.6 Å². The summed E-state index contributed by atoms with van der Waals surface area (Å²) in [7, 11) is 0. The maximum atomic E-state index is 13.1. The predicted molar refractivity (Wildman–Crippen MR) is 139 cm³/mol. The largest absolute Gasteiger partial charge is 0.504 e. The molecule has 2 rings (SSSR count). The Hall–Kier alpha value is -1.91. The number of carbonyl (C=O) groups is 1. The number of halogens is 2. The normalized spacial score (nSPS) is 13.0. The quantitative estimate of drug-likeness (QED) is 0.346. The summed E-state index contributed by atoms with van der Waals surface area (Å²) in [5, 5.41) is 13.6. The average molecular weight is 495 g/mol. The molecule has 0 fully saturated rings. The number of hydrogen-bond acceptors (Lipinski definition) is 3. The van der Waals surface area contributed by atoms with Crippen LogP contribution in [0.1, 0.15) is 84.4 Å². The summed E-state index contributed by atoms with van der Waals surface area (Å²) in [6.45, 7) is 16.8. The third kappa shape index (κ3) is 5.96. The molecule has 0 radical (unpaired) electrons. The van der Waals surface area contributed by atoms with Gasteiger partial charge in [0.05, 0.1) is 10.7 Å². The fourth-order valence-corrected chi connectivity index (χ4v) is 3.92. The molecule has 2 N–H and O–H groups in total. The summed E-state index contributed by atoms with van der Waals surface area (Å²) in [6, 6.07) is 7.78. The minimum Gasteiger partial charge on any atom is -0.504 e. The minimum absolute atomic E-state index is 0.0418. The van der Waals surface area contributed by atoms with Crippen LogP contribution in [0.4, 0.5) is 5.69 Å². The first-order valence-electron chi connectivity index (χ1n) is 11.6. The van der Waals surface area contributed by atoms with Gasteiger partial charge in [-0.2, -0.15) is 0 Å². The third-order valence-corrected chi connectivity index (χ3v) is 7.72. The molecule has 0 aliphatic carbocycles. The SMILES string of the molecule is CCC(Oc1ccc(C(C)(C)CC)cc1C(C)(C)CC)C(=O)Nc1cc(Cl)c(C)c(Cl)c1O. The number of phenolic OH excluding ortho intramolecular Hbond substituents is 1. The molecule has 2 aromatic rings. The Balaban J connectivity index is 2.40. The number of hydrogen-bond donors (Lipinski definition) is 2. The number of ether oxygens (including phenoxy) is 1. The van der Waals surface area contributed by atoms with Gasteiger partial charge in [0.2, 0.25) is 0 Å². The third-order valence-electron chi connectivity index (χ3n) is 6.87. The summed E-state index contributed by atoms with van der Waals surface area (Å²) in [6.07, 6.45) is 1.65. The van der Waals surface area contributed by atoms with Crippen molar-refractivity contribution in [2.24, 2.45) is 0 Å². The molecule has 0 bridgehead atoms. The Kier molecular flexibility index (Phi) is 8.75. The first-order chi connectivity index (χ1) is 15.3. The van der Waals surface area contributed by atoms with Crippen LogP contribution in [0.3, 0.4) is 0 Å². The van der Waals surface area contributed by atoms with Crippen molar-refractivity contribution in [2.75, 3.05) is 5.32 Å². The smallest absolute Gasteiger partial charge is 0.265 e. The summed E-state index contributed by atoms with van der Waals surface area (Å²) in [5.74, 6) is 0.117. The van der Waals surface area contributed by atoms with Crippen molar-refractivity contribution >= 4 is 34.8 Å². The first-order valence-corrected chi connectivity index (χ1v) is 12.3. The lowest BCUT2D eigenvalue weighted by Crippen LogP contribution is -2.33. The van der Waals surface area contributed by atoms with Gasteiger partial charge in [0.15, 0.2) is 11.9 Å². The van der Waals surface area contributed by atoms with Crippen LogP contribution in [0.5, 0.6) is 11.5 Å². The van der Waals surface area contributed by atoms with E-state index in [9.17, 15) is 9.90 Å². The number of nitrogens with one attached hydrogen (secondary N) is 1. The molecular formula is C27H37Cl2NO3. The van der Waals surface area contributed by atoms with E-state index in [1.807, 2.05) is 13.0 Å². The van der Waals surface area contributed by atoms with Crippen LogP contribution >= 0.6 is 23.2 Å². The van der Waals surface area contributed by atoms with Crippen LogP contribution in [0, 0.1) is 6.92 Å². The van der Waals surface area contributed by atoms with Crippen molar-refractivity contribution in [3.05, 3.63) is 51.0 Å². The van der Waals surface area contributed by atoms with E-state index in [0.29, 0.717) is 22.8 Å². The van der Waals surface area contributed by atoms with E-state index in [-0.39, 0.29) is 33.2 Å². The van der Waals surface area contributed by atoms with E-state index in [0.717, 1.165) is 18.4 Å². The maximum absolute atomic E-state index is 13.1. The van der Waals surface area contributed by atoms with Crippen molar-refractivity contribution in [3.63, 3.8) is 0 Å². The second-order valence-electron chi connectivity index (χ2n) is 9.88. The fraction of sp³-hybridized carbons (Fsp3) is 0.519. The molecule has 33 heavy (non-hydrogen) atoms. The minimum atomic E-state index is -0.750. The summed E-state index contributed by atoms with van der Waals surface area (Å²) in [4.78, 5) is 13.1. The molecule has 0 aromatic heterocycles. The standard InChI is InChI=1S/C27H37Cl2NO3/c1-9-21(25(32)30-20-15-19(28)16(4)23(29)24(20)31)33-22-13-12-17(26(5,6)10-2)14-18(22)27(7,8)11-3/h12-15,21,31H,9-11H2,1-8H3,(H,30,32). The molecule has 1 amide bonds. The highest BCUT2D eigenvalue weighted by Crippen LogP contribution is 2.40. The Bertz CT molecular complexity index is 1010. The molecule has 0 spiro atoms. The van der Waals surface area contributed by atoms with Gasteiger partial charge in [0.1, 0.15) is 5.75 Å². The molecule has 1 atom stereocenters. The van der Waals surface area contributed by atoms with Crippen LogP contribution in [0.25, 0.3) is 0 Å². The molecule has 0 saturated carbocycles. The van der Waals surface area contributed by atoms with Crippen molar-refractivity contribution in [2.45, 2.75) is 91.6 Å². The number of carbonyl (C=O) groups excluding carboxylic acids is 1. The van der Waals surface area contributed by atoms with E-state index < -0.39 is 6.10 Å². The van der Waals surface area contributed by atoms with Crippen LogP contribution in [0.2, 0.25) is 10.0 Å². The van der Waals surface area contributed by atoms with E-state index in [2.05, 4.69) is 59.0 Å². The van der Waals surface area contributed by atoms with Gasteiger partial charge < -0.3 is 15.2 Å². The summed E-state index contributed by atoms with van der Waals surface area (Å²) in [5.41, 5.74) is 2.97. The zero-order valence-electron chi connectivity index (χ0n) is 21.0. The number of amides is 1. The predicted octanol–water partition coefficient (Wildman–Crippen LogP) is 8.18. The number of anilines is 1. The zero-order chi connectivity index (χ0) is 25.1. The average Bonchev–Trinajstić information content (AvgIpc) is 2.79. The zero-order valence-corrected chi connectivity index (χ0v) is 22.5. The van der Waals surface area contributed by atoms with Gasteiger partial charge in [0, 0.05) is 10.6 Å². The molecule has 182 valence electrons. The molecule has 2 aromatic carbocycles. The van der Waals surface area contributed by atoms with Gasteiger partial charge in [-0.25, -0.2) is 0 Å². The Morgan fingerprint density at radius 1 is 1.06 bits per heavy atom. The maximum Gasteiger partial charge on any atom is 0.265 e. The summed E-state index contributed by atoms with van der Waals surface area (Å²) < 4.78 is 6.28. The van der Waals surface area contributed by atoms with Crippen molar-refractivity contribution in [1.29, 1.82) is 0 Å². The highest BCUT2D eigenvalue weighted by molar-refractivity contribution is 6.37. The van der Waals surface area contributed by atoms with E-state index in [1.54, 1.807) is 6.92 Å². The monoisotopic (exact) mass is 493 g/mol. The highest BCUT2D eigenvalue weighted by atomic mass is 35.5. The van der Waals surface area contributed by atoms with Gasteiger partial charge in [-0.15, -0.1) is 0 Å².